The number of hydrogen-bond acceptors (Lipinski definition) is 3. The first-order valence-corrected chi connectivity index (χ1v) is 5.74. The highest BCUT2D eigenvalue weighted by molar-refractivity contribution is 5.94. The fourth-order valence-electron chi connectivity index (χ4n) is 2.13. The first-order valence-electron chi connectivity index (χ1n) is 5.74. The Labute approximate surface area is 95.7 Å². The first-order chi connectivity index (χ1) is 7.83. The minimum atomic E-state index is 0.110. The average Bonchev–Trinajstić information content (AvgIpc) is 2.85. The molecule has 1 aromatic rings. The van der Waals surface area contributed by atoms with Crippen LogP contribution in [0.2, 0.25) is 0 Å². The molecule has 86 valence electrons. The molecule has 1 N–H and O–H groups in total. The summed E-state index contributed by atoms with van der Waals surface area (Å²) in [6.07, 6.45) is 4.37. The van der Waals surface area contributed by atoms with E-state index in [1.54, 1.807) is 24.5 Å². The molecule has 2 rings (SSSR count). The normalized spacial score (nSPS) is 19.7. The van der Waals surface area contributed by atoms with Crippen LogP contribution in [0.5, 0.6) is 0 Å². The van der Waals surface area contributed by atoms with E-state index in [-0.39, 0.29) is 5.91 Å². The van der Waals surface area contributed by atoms with Gasteiger partial charge in [0.05, 0.1) is 0 Å². The minimum Gasteiger partial charge on any atom is -0.335 e. The summed E-state index contributed by atoms with van der Waals surface area (Å²) in [5.41, 5.74) is 0.726. The third-order valence-electron chi connectivity index (χ3n) is 3.00. The molecule has 1 unspecified atom stereocenters. The molecular weight excluding hydrogens is 202 g/mol. The Bertz CT molecular complexity index is 347. The summed E-state index contributed by atoms with van der Waals surface area (Å²) in [4.78, 5) is 18.1. The Hall–Kier alpha value is -1.42. The first kappa shape index (κ1) is 11.1. The summed E-state index contributed by atoms with van der Waals surface area (Å²) in [5.74, 6) is 0.110. The van der Waals surface area contributed by atoms with Gasteiger partial charge in [-0.05, 0) is 32.0 Å². The SMILES string of the molecule is CCN(C(=O)c1ccncc1)C1CCNC1. The van der Waals surface area contributed by atoms with Crippen LogP contribution in [0.3, 0.4) is 0 Å². The second kappa shape index (κ2) is 5.07. The number of amides is 1. The summed E-state index contributed by atoms with van der Waals surface area (Å²) >= 11 is 0. The molecule has 1 atom stereocenters. The van der Waals surface area contributed by atoms with Crippen LogP contribution in [0.4, 0.5) is 0 Å². The molecule has 2 heterocycles. The molecule has 0 bridgehead atoms. The molecule has 0 aliphatic carbocycles. The molecular formula is C12H17N3O. The van der Waals surface area contributed by atoms with E-state index in [4.69, 9.17) is 0 Å². The van der Waals surface area contributed by atoms with Crippen molar-refractivity contribution in [1.29, 1.82) is 0 Å². The van der Waals surface area contributed by atoms with E-state index in [1.165, 1.54) is 0 Å². The van der Waals surface area contributed by atoms with Crippen LogP contribution in [-0.4, -0.2) is 41.5 Å². The van der Waals surface area contributed by atoms with Crippen molar-refractivity contribution in [2.45, 2.75) is 19.4 Å². The maximum atomic E-state index is 12.2. The Morgan fingerprint density at radius 1 is 1.56 bits per heavy atom. The lowest BCUT2D eigenvalue weighted by Crippen LogP contribution is -2.41. The lowest BCUT2D eigenvalue weighted by molar-refractivity contribution is 0.0703. The van der Waals surface area contributed by atoms with Crippen LogP contribution in [-0.2, 0) is 0 Å². The lowest BCUT2D eigenvalue weighted by Gasteiger charge is -2.27. The third-order valence-corrected chi connectivity index (χ3v) is 3.00. The van der Waals surface area contributed by atoms with Crippen molar-refractivity contribution in [3.63, 3.8) is 0 Å². The quantitative estimate of drug-likeness (QED) is 0.821. The number of aromatic nitrogens is 1. The molecule has 1 aliphatic rings. The highest BCUT2D eigenvalue weighted by Crippen LogP contribution is 2.12. The van der Waals surface area contributed by atoms with Gasteiger partial charge in [0.2, 0.25) is 0 Å². The molecule has 0 saturated carbocycles. The van der Waals surface area contributed by atoms with Crippen LogP contribution in [0, 0.1) is 0 Å². The maximum Gasteiger partial charge on any atom is 0.254 e. The number of likely N-dealkylation sites (N-methyl/N-ethyl adjacent to an activating group) is 1. The van der Waals surface area contributed by atoms with Gasteiger partial charge in [0, 0.05) is 37.1 Å². The standard InChI is InChI=1S/C12H17N3O/c1-2-15(11-5-8-14-9-11)12(16)10-3-6-13-7-4-10/h3-4,6-7,11,14H,2,5,8-9H2,1H3. The van der Waals surface area contributed by atoms with Gasteiger partial charge in [-0.2, -0.15) is 0 Å². The number of pyridine rings is 1. The van der Waals surface area contributed by atoms with Gasteiger partial charge in [-0.25, -0.2) is 0 Å². The average molecular weight is 219 g/mol. The number of rotatable bonds is 3. The zero-order valence-electron chi connectivity index (χ0n) is 9.52. The van der Waals surface area contributed by atoms with Gasteiger partial charge >= 0.3 is 0 Å². The number of carbonyl (C=O) groups is 1. The Morgan fingerprint density at radius 3 is 2.88 bits per heavy atom. The maximum absolute atomic E-state index is 12.2. The zero-order valence-corrected chi connectivity index (χ0v) is 9.52. The molecule has 0 aromatic carbocycles. The fraction of sp³-hybridized carbons (Fsp3) is 0.500. The van der Waals surface area contributed by atoms with Crippen molar-refractivity contribution >= 4 is 5.91 Å². The molecule has 4 nitrogen and oxygen atoms in total. The minimum absolute atomic E-state index is 0.110. The van der Waals surface area contributed by atoms with Crippen LogP contribution < -0.4 is 5.32 Å². The Morgan fingerprint density at radius 2 is 2.31 bits per heavy atom. The second-order valence-corrected chi connectivity index (χ2v) is 3.97. The molecule has 1 aromatic heterocycles. The van der Waals surface area contributed by atoms with Gasteiger partial charge in [0.15, 0.2) is 0 Å². The van der Waals surface area contributed by atoms with E-state index in [0.29, 0.717) is 6.04 Å². The highest BCUT2D eigenvalue weighted by Gasteiger charge is 2.25. The molecule has 1 aliphatic heterocycles. The van der Waals surface area contributed by atoms with E-state index in [2.05, 4.69) is 10.3 Å². The number of hydrogen-bond donors (Lipinski definition) is 1. The van der Waals surface area contributed by atoms with Crippen molar-refractivity contribution in [3.05, 3.63) is 30.1 Å². The summed E-state index contributed by atoms with van der Waals surface area (Å²) in [6.45, 7) is 4.69. The van der Waals surface area contributed by atoms with Gasteiger partial charge < -0.3 is 10.2 Å². The van der Waals surface area contributed by atoms with Crippen molar-refractivity contribution in [3.8, 4) is 0 Å². The third kappa shape index (κ3) is 2.22. The predicted molar refractivity (Wildman–Crippen MR) is 62.2 cm³/mol. The number of nitrogens with zero attached hydrogens (tertiary/aromatic N) is 2. The smallest absolute Gasteiger partial charge is 0.254 e. The molecule has 1 amide bonds. The summed E-state index contributed by atoms with van der Waals surface area (Å²) in [6, 6.07) is 3.88. The number of carbonyl (C=O) groups excluding carboxylic acids is 1. The van der Waals surface area contributed by atoms with Crippen LogP contribution in [0.1, 0.15) is 23.7 Å². The van der Waals surface area contributed by atoms with Gasteiger partial charge in [0.25, 0.3) is 5.91 Å². The fourth-order valence-corrected chi connectivity index (χ4v) is 2.13. The van der Waals surface area contributed by atoms with Crippen LogP contribution in [0.15, 0.2) is 24.5 Å². The Kier molecular flexibility index (Phi) is 3.51. The van der Waals surface area contributed by atoms with Crippen LogP contribution >= 0.6 is 0 Å². The van der Waals surface area contributed by atoms with Crippen molar-refractivity contribution in [2.24, 2.45) is 0 Å². The van der Waals surface area contributed by atoms with E-state index in [0.717, 1.165) is 31.6 Å². The van der Waals surface area contributed by atoms with E-state index < -0.39 is 0 Å². The van der Waals surface area contributed by atoms with E-state index >= 15 is 0 Å². The van der Waals surface area contributed by atoms with Gasteiger partial charge in [0.1, 0.15) is 0 Å². The molecule has 0 spiro atoms. The highest BCUT2D eigenvalue weighted by atomic mass is 16.2. The van der Waals surface area contributed by atoms with Crippen LogP contribution in [0.25, 0.3) is 0 Å². The monoisotopic (exact) mass is 219 g/mol. The lowest BCUT2D eigenvalue weighted by atomic mass is 10.1. The summed E-state index contributed by atoms with van der Waals surface area (Å²) < 4.78 is 0. The van der Waals surface area contributed by atoms with Crippen molar-refractivity contribution in [1.82, 2.24) is 15.2 Å². The zero-order chi connectivity index (χ0) is 11.4. The van der Waals surface area contributed by atoms with Crippen molar-refractivity contribution < 1.29 is 4.79 Å². The largest absolute Gasteiger partial charge is 0.335 e. The molecule has 16 heavy (non-hydrogen) atoms. The number of nitrogens with one attached hydrogen (secondary N) is 1. The van der Waals surface area contributed by atoms with Crippen molar-refractivity contribution in [2.75, 3.05) is 19.6 Å². The van der Waals surface area contributed by atoms with Gasteiger partial charge in [-0.3, -0.25) is 9.78 Å². The molecule has 1 fully saturated rings. The Balaban J connectivity index is 2.12. The van der Waals surface area contributed by atoms with Gasteiger partial charge in [-0.1, -0.05) is 0 Å². The molecule has 0 radical (unpaired) electrons. The second-order valence-electron chi connectivity index (χ2n) is 3.97. The molecule has 4 heteroatoms. The predicted octanol–water partition coefficient (Wildman–Crippen LogP) is 0.906. The summed E-state index contributed by atoms with van der Waals surface area (Å²) in [7, 11) is 0. The van der Waals surface area contributed by atoms with E-state index in [9.17, 15) is 4.79 Å². The van der Waals surface area contributed by atoms with E-state index in [1.807, 2.05) is 11.8 Å². The topological polar surface area (TPSA) is 45.2 Å². The summed E-state index contributed by atoms with van der Waals surface area (Å²) in [5, 5.41) is 3.29. The van der Waals surface area contributed by atoms with Gasteiger partial charge in [-0.15, -0.1) is 0 Å². The molecule has 1 saturated heterocycles.